The van der Waals surface area contributed by atoms with E-state index in [2.05, 4.69) is 32.7 Å². The van der Waals surface area contributed by atoms with Crippen LogP contribution in [0.4, 0.5) is 0 Å². The van der Waals surface area contributed by atoms with Crippen molar-refractivity contribution in [3.8, 4) is 0 Å². The minimum absolute atomic E-state index is 0.274. The summed E-state index contributed by atoms with van der Waals surface area (Å²) in [4.78, 5) is 24.4. The van der Waals surface area contributed by atoms with Gasteiger partial charge in [-0.15, -0.1) is 0 Å². The molecule has 37 heavy (non-hydrogen) atoms. The molecule has 2 atom stereocenters. The number of carboxylic acids is 2. The lowest BCUT2D eigenvalue weighted by Gasteiger charge is -2.21. The number of hydrogen-bond acceptors (Lipinski definition) is 5. The van der Waals surface area contributed by atoms with Crippen molar-refractivity contribution in [3.05, 3.63) is 0 Å². The van der Waals surface area contributed by atoms with Crippen LogP contribution in [0.2, 0.25) is 0 Å². The van der Waals surface area contributed by atoms with Gasteiger partial charge in [-0.3, -0.25) is 4.79 Å². The first kappa shape index (κ1) is 35.8. The van der Waals surface area contributed by atoms with E-state index < -0.39 is 18.0 Å². The number of carbonyl (C=O) groups is 2. The summed E-state index contributed by atoms with van der Waals surface area (Å²) in [6, 6.07) is 0.572. The summed E-state index contributed by atoms with van der Waals surface area (Å²) >= 11 is 0. The molecule has 0 spiro atoms. The van der Waals surface area contributed by atoms with Gasteiger partial charge in [-0.05, 0) is 72.4 Å². The molecule has 0 aliphatic heterocycles. The maximum atomic E-state index is 11.4. The molecule has 0 radical (unpaired) electrons. The third-order valence-corrected chi connectivity index (χ3v) is 7.14. The summed E-state index contributed by atoms with van der Waals surface area (Å²) in [6.45, 7) is 9.01. The van der Waals surface area contributed by atoms with Crippen molar-refractivity contribution < 1.29 is 29.3 Å². The number of aliphatic carboxylic acids is 2. The van der Waals surface area contributed by atoms with E-state index in [4.69, 9.17) is 14.6 Å². The van der Waals surface area contributed by atoms with Gasteiger partial charge in [-0.2, -0.15) is 0 Å². The van der Waals surface area contributed by atoms with Gasteiger partial charge in [0, 0.05) is 25.7 Å². The van der Waals surface area contributed by atoms with Crippen molar-refractivity contribution in [1.29, 1.82) is 0 Å². The molecule has 220 valence electrons. The van der Waals surface area contributed by atoms with Crippen LogP contribution in [0.1, 0.15) is 136 Å². The van der Waals surface area contributed by atoms with Crippen LogP contribution < -0.4 is 0 Å². The fourth-order valence-electron chi connectivity index (χ4n) is 4.37. The van der Waals surface area contributed by atoms with Crippen molar-refractivity contribution in [2.24, 2.45) is 0 Å². The highest BCUT2D eigenvalue weighted by molar-refractivity contribution is 5.72. The summed E-state index contributed by atoms with van der Waals surface area (Å²) in [5.41, 5.74) is 0. The van der Waals surface area contributed by atoms with Gasteiger partial charge in [-0.1, -0.05) is 71.1 Å². The van der Waals surface area contributed by atoms with Crippen LogP contribution in [0.3, 0.4) is 0 Å². The molecule has 0 bridgehead atoms. The van der Waals surface area contributed by atoms with Crippen LogP contribution in [0.15, 0.2) is 0 Å². The van der Waals surface area contributed by atoms with Crippen LogP contribution in [-0.2, 0) is 19.1 Å². The monoisotopic (exact) mass is 529 g/mol. The molecule has 0 saturated carbocycles. The molecule has 0 aliphatic carbocycles. The van der Waals surface area contributed by atoms with Gasteiger partial charge in [-0.25, -0.2) is 4.79 Å². The van der Waals surface area contributed by atoms with E-state index in [0.717, 1.165) is 116 Å². The molecule has 0 aromatic rings. The second kappa shape index (κ2) is 25.1. The fraction of sp³-hybridized carbons (Fsp3) is 0.933. The number of hydrogen-bond donors (Lipinski definition) is 2. The van der Waals surface area contributed by atoms with Gasteiger partial charge in [0.05, 0.1) is 6.10 Å². The van der Waals surface area contributed by atoms with Crippen molar-refractivity contribution in [2.75, 3.05) is 26.8 Å². The standard InChI is InChI=1S/C30H59NO6/c1-5-6-17-25-37-28(30(34)35)21-14-11-10-13-20-27(19-12-8-7-9-15-22-29(32)33)36-24-18-16-23-31(4)26(2)3/h26-28H,5-25H2,1-4H3,(H,32,33)(H,34,35). The minimum atomic E-state index is -0.840. The number of nitrogens with zero attached hydrogens (tertiary/aromatic N) is 1. The normalized spacial score (nSPS) is 13.4. The van der Waals surface area contributed by atoms with Gasteiger partial charge in [0.1, 0.15) is 0 Å². The largest absolute Gasteiger partial charge is 0.481 e. The molecule has 0 saturated heterocycles. The molecule has 0 aliphatic rings. The van der Waals surface area contributed by atoms with Gasteiger partial charge in [0.2, 0.25) is 0 Å². The topological polar surface area (TPSA) is 96.3 Å². The molecule has 0 aromatic carbocycles. The lowest BCUT2D eigenvalue weighted by atomic mass is 10.0. The molecular formula is C30H59NO6. The zero-order valence-corrected chi connectivity index (χ0v) is 24.6. The third kappa shape index (κ3) is 23.7. The molecule has 2 unspecified atom stereocenters. The Morgan fingerprint density at radius 1 is 0.703 bits per heavy atom. The van der Waals surface area contributed by atoms with Crippen LogP contribution >= 0.6 is 0 Å². The van der Waals surface area contributed by atoms with E-state index in [9.17, 15) is 14.7 Å². The summed E-state index contributed by atoms with van der Waals surface area (Å²) in [5, 5.41) is 18.1. The van der Waals surface area contributed by atoms with Crippen LogP contribution in [0, 0.1) is 0 Å². The van der Waals surface area contributed by atoms with Gasteiger partial charge in [0.25, 0.3) is 0 Å². The summed E-state index contributed by atoms with van der Waals surface area (Å²) in [5.74, 6) is -1.54. The maximum Gasteiger partial charge on any atom is 0.332 e. The quantitative estimate of drug-likeness (QED) is 0.103. The van der Waals surface area contributed by atoms with Crippen molar-refractivity contribution in [3.63, 3.8) is 0 Å². The van der Waals surface area contributed by atoms with E-state index in [0.29, 0.717) is 19.1 Å². The zero-order valence-electron chi connectivity index (χ0n) is 24.6. The van der Waals surface area contributed by atoms with E-state index in [1.807, 2.05) is 0 Å². The Labute approximate surface area is 227 Å². The average molecular weight is 530 g/mol. The van der Waals surface area contributed by atoms with Gasteiger partial charge >= 0.3 is 11.9 Å². The number of unbranched alkanes of at least 4 members (excludes halogenated alkanes) is 10. The minimum Gasteiger partial charge on any atom is -0.481 e. The summed E-state index contributed by atoms with van der Waals surface area (Å²) in [6.07, 6.45) is 17.2. The maximum absolute atomic E-state index is 11.4. The Morgan fingerprint density at radius 2 is 1.24 bits per heavy atom. The second-order valence-electron chi connectivity index (χ2n) is 10.9. The van der Waals surface area contributed by atoms with E-state index in [1.165, 1.54) is 0 Å². The number of carboxylic acid groups (broad SMARTS) is 2. The summed E-state index contributed by atoms with van der Waals surface area (Å²) < 4.78 is 11.9. The Morgan fingerprint density at radius 3 is 1.81 bits per heavy atom. The molecule has 7 heteroatoms. The first-order valence-electron chi connectivity index (χ1n) is 15.2. The number of ether oxygens (including phenoxy) is 2. The lowest BCUT2D eigenvalue weighted by Crippen LogP contribution is -2.27. The molecule has 0 fully saturated rings. The Balaban J connectivity index is 4.21. The Hall–Kier alpha value is -1.18. The van der Waals surface area contributed by atoms with Crippen LogP contribution in [0.25, 0.3) is 0 Å². The van der Waals surface area contributed by atoms with E-state index in [1.54, 1.807) is 0 Å². The van der Waals surface area contributed by atoms with Crippen LogP contribution in [0.5, 0.6) is 0 Å². The van der Waals surface area contributed by atoms with Crippen molar-refractivity contribution in [1.82, 2.24) is 4.90 Å². The smallest absolute Gasteiger partial charge is 0.332 e. The molecule has 0 rings (SSSR count). The molecule has 2 N–H and O–H groups in total. The van der Waals surface area contributed by atoms with Crippen molar-refractivity contribution in [2.45, 2.75) is 155 Å². The molecular weight excluding hydrogens is 470 g/mol. The highest BCUT2D eigenvalue weighted by Crippen LogP contribution is 2.18. The van der Waals surface area contributed by atoms with E-state index >= 15 is 0 Å². The zero-order chi connectivity index (χ0) is 27.7. The summed E-state index contributed by atoms with van der Waals surface area (Å²) in [7, 11) is 2.17. The number of rotatable bonds is 28. The third-order valence-electron chi connectivity index (χ3n) is 7.14. The second-order valence-corrected chi connectivity index (χ2v) is 10.9. The van der Waals surface area contributed by atoms with Crippen LogP contribution in [-0.4, -0.2) is 72.1 Å². The molecule has 0 amide bonds. The SMILES string of the molecule is CCCCCOC(CCCCCCC(CCCCCCCC(=O)O)OCCCCN(C)C(C)C)C(=O)O. The highest BCUT2D eigenvalue weighted by Gasteiger charge is 2.17. The van der Waals surface area contributed by atoms with Gasteiger partial charge < -0.3 is 24.6 Å². The Bertz CT molecular complexity index is 542. The predicted molar refractivity (Wildman–Crippen MR) is 151 cm³/mol. The fourth-order valence-corrected chi connectivity index (χ4v) is 4.37. The average Bonchev–Trinajstić information content (AvgIpc) is 2.85. The van der Waals surface area contributed by atoms with Crippen molar-refractivity contribution >= 4 is 11.9 Å². The first-order valence-corrected chi connectivity index (χ1v) is 15.2. The Kier molecular flexibility index (Phi) is 24.3. The van der Waals surface area contributed by atoms with Gasteiger partial charge in [0.15, 0.2) is 6.10 Å². The van der Waals surface area contributed by atoms with E-state index in [-0.39, 0.29) is 12.5 Å². The predicted octanol–water partition coefficient (Wildman–Crippen LogP) is 7.31. The first-order chi connectivity index (χ1) is 17.8. The lowest BCUT2D eigenvalue weighted by molar-refractivity contribution is -0.151. The highest BCUT2D eigenvalue weighted by atomic mass is 16.5. The molecule has 0 aromatic heterocycles. The molecule has 7 nitrogen and oxygen atoms in total. The molecule has 0 heterocycles.